The summed E-state index contributed by atoms with van der Waals surface area (Å²) in [6.45, 7) is 7.51. The van der Waals surface area contributed by atoms with E-state index in [9.17, 15) is 14.0 Å². The van der Waals surface area contributed by atoms with Gasteiger partial charge in [0.2, 0.25) is 0 Å². The highest BCUT2D eigenvalue weighted by atomic mass is 35.5. The van der Waals surface area contributed by atoms with Gasteiger partial charge in [-0.3, -0.25) is 9.59 Å². The van der Waals surface area contributed by atoms with Crippen LogP contribution in [0.1, 0.15) is 49.0 Å². The maximum Gasteiger partial charge on any atom is 0.263 e. The highest BCUT2D eigenvalue weighted by molar-refractivity contribution is 6.33. The van der Waals surface area contributed by atoms with Gasteiger partial charge in [0.25, 0.3) is 11.8 Å². The van der Waals surface area contributed by atoms with Gasteiger partial charge >= 0.3 is 0 Å². The second-order valence-corrected chi connectivity index (χ2v) is 8.43. The zero-order chi connectivity index (χ0) is 22.5. The van der Waals surface area contributed by atoms with Crippen molar-refractivity contribution in [3.05, 3.63) is 64.4 Å². The highest BCUT2D eigenvalue weighted by Crippen LogP contribution is 2.27. The van der Waals surface area contributed by atoms with E-state index in [0.29, 0.717) is 38.3 Å². The van der Waals surface area contributed by atoms with E-state index in [1.807, 2.05) is 24.3 Å². The van der Waals surface area contributed by atoms with Crippen LogP contribution in [-0.4, -0.2) is 53.9 Å². The van der Waals surface area contributed by atoms with Crippen LogP contribution in [0.3, 0.4) is 0 Å². The lowest BCUT2D eigenvalue weighted by atomic mass is 10.0. The number of benzene rings is 2. The summed E-state index contributed by atoms with van der Waals surface area (Å²) < 4.78 is 20.2. The maximum atomic E-state index is 14.2. The monoisotopic (exact) mass is 446 g/mol. The topological polar surface area (TPSA) is 49.9 Å². The molecule has 5 nitrogen and oxygen atoms in total. The van der Waals surface area contributed by atoms with Crippen molar-refractivity contribution in [3.63, 3.8) is 0 Å². The molecule has 1 aliphatic rings. The summed E-state index contributed by atoms with van der Waals surface area (Å²) in [6.07, 6.45) is -0.0538. The molecule has 2 aromatic rings. The Morgan fingerprint density at radius 1 is 0.968 bits per heavy atom. The summed E-state index contributed by atoms with van der Waals surface area (Å²) in [7, 11) is 0. The van der Waals surface area contributed by atoms with Crippen molar-refractivity contribution < 1.29 is 18.7 Å². The van der Waals surface area contributed by atoms with Gasteiger partial charge in [0.15, 0.2) is 6.10 Å². The second kappa shape index (κ2) is 10.1. The molecule has 31 heavy (non-hydrogen) atoms. The van der Waals surface area contributed by atoms with Gasteiger partial charge in [-0.25, -0.2) is 4.39 Å². The molecule has 1 aliphatic heterocycles. The van der Waals surface area contributed by atoms with Crippen molar-refractivity contribution in [2.75, 3.05) is 26.2 Å². The molecule has 1 fully saturated rings. The Bertz CT molecular complexity index is 930. The van der Waals surface area contributed by atoms with E-state index in [2.05, 4.69) is 13.8 Å². The van der Waals surface area contributed by atoms with Gasteiger partial charge in [0.1, 0.15) is 11.6 Å². The van der Waals surface area contributed by atoms with E-state index in [-0.39, 0.29) is 22.4 Å². The fourth-order valence-corrected chi connectivity index (χ4v) is 4.01. The first-order chi connectivity index (χ1) is 14.8. The minimum absolute atomic E-state index is 0.0908. The van der Waals surface area contributed by atoms with Crippen molar-refractivity contribution in [1.29, 1.82) is 0 Å². The third-order valence-electron chi connectivity index (χ3n) is 5.46. The van der Waals surface area contributed by atoms with Crippen LogP contribution in [0.4, 0.5) is 4.39 Å². The van der Waals surface area contributed by atoms with E-state index in [1.165, 1.54) is 18.2 Å². The number of amides is 2. The predicted octanol–water partition coefficient (Wildman–Crippen LogP) is 4.74. The number of rotatable bonds is 5. The zero-order valence-electron chi connectivity index (χ0n) is 18.1. The first-order valence-corrected chi connectivity index (χ1v) is 10.9. The van der Waals surface area contributed by atoms with Gasteiger partial charge in [0.05, 0.1) is 10.6 Å². The number of ether oxygens (including phenoxy) is 1. The van der Waals surface area contributed by atoms with Crippen LogP contribution in [0.25, 0.3) is 0 Å². The molecule has 3 rings (SSSR count). The van der Waals surface area contributed by atoms with Gasteiger partial charge in [-0.15, -0.1) is 0 Å². The lowest BCUT2D eigenvalue weighted by Crippen LogP contribution is -2.43. The van der Waals surface area contributed by atoms with Crippen LogP contribution in [0, 0.1) is 5.82 Å². The lowest BCUT2D eigenvalue weighted by Gasteiger charge is -2.26. The fourth-order valence-electron chi connectivity index (χ4n) is 3.76. The Labute approximate surface area is 187 Å². The average molecular weight is 447 g/mol. The Morgan fingerprint density at radius 2 is 1.65 bits per heavy atom. The molecule has 7 heteroatoms. The SMILES string of the molecule is CC(Oc1ccccc1C(C)C)C(=O)N1CCCN(C(=O)c2c(F)cccc2Cl)CC1. The van der Waals surface area contributed by atoms with Crippen molar-refractivity contribution in [2.24, 2.45) is 0 Å². The molecule has 0 radical (unpaired) electrons. The van der Waals surface area contributed by atoms with E-state index in [4.69, 9.17) is 16.3 Å². The molecule has 2 amide bonds. The van der Waals surface area contributed by atoms with Crippen LogP contribution in [0.2, 0.25) is 5.02 Å². The molecule has 1 atom stereocenters. The molecule has 2 aromatic carbocycles. The number of nitrogens with zero attached hydrogens (tertiary/aromatic N) is 2. The maximum absolute atomic E-state index is 14.2. The van der Waals surface area contributed by atoms with Crippen molar-refractivity contribution >= 4 is 23.4 Å². The van der Waals surface area contributed by atoms with Crippen LogP contribution >= 0.6 is 11.6 Å². The van der Waals surface area contributed by atoms with Crippen LogP contribution in [0.5, 0.6) is 5.75 Å². The Balaban J connectivity index is 1.65. The number of carbonyl (C=O) groups excluding carboxylic acids is 2. The largest absolute Gasteiger partial charge is 0.481 e. The molecule has 0 N–H and O–H groups in total. The Morgan fingerprint density at radius 3 is 2.35 bits per heavy atom. The van der Waals surface area contributed by atoms with Crippen molar-refractivity contribution in [2.45, 2.75) is 39.2 Å². The van der Waals surface area contributed by atoms with Gasteiger partial charge in [-0.2, -0.15) is 0 Å². The molecule has 0 spiro atoms. The Hall–Kier alpha value is -2.60. The van der Waals surface area contributed by atoms with Crippen LogP contribution in [-0.2, 0) is 4.79 Å². The molecule has 0 bridgehead atoms. The summed E-state index contributed by atoms with van der Waals surface area (Å²) in [5.41, 5.74) is 0.933. The third-order valence-corrected chi connectivity index (χ3v) is 5.78. The molecule has 1 unspecified atom stereocenters. The van der Waals surface area contributed by atoms with E-state index in [1.54, 1.807) is 16.7 Å². The first-order valence-electron chi connectivity index (χ1n) is 10.6. The van der Waals surface area contributed by atoms with Gasteiger partial charge in [-0.1, -0.05) is 49.7 Å². The molecule has 0 saturated carbocycles. The smallest absolute Gasteiger partial charge is 0.263 e. The summed E-state index contributed by atoms with van der Waals surface area (Å²) in [5.74, 6) is -0.231. The molecule has 1 saturated heterocycles. The number of carbonyl (C=O) groups is 2. The highest BCUT2D eigenvalue weighted by Gasteiger charge is 2.28. The third kappa shape index (κ3) is 5.37. The number of para-hydroxylation sites is 1. The Kier molecular flexibility index (Phi) is 7.55. The summed E-state index contributed by atoms with van der Waals surface area (Å²) in [4.78, 5) is 29.1. The molecule has 166 valence electrons. The number of hydrogen-bond donors (Lipinski definition) is 0. The average Bonchev–Trinajstić information content (AvgIpc) is 2.99. The van der Waals surface area contributed by atoms with Gasteiger partial charge in [0, 0.05) is 26.2 Å². The number of halogens is 2. The van der Waals surface area contributed by atoms with Crippen LogP contribution in [0.15, 0.2) is 42.5 Å². The fraction of sp³-hybridized carbons (Fsp3) is 0.417. The minimum atomic E-state index is -0.650. The quantitative estimate of drug-likeness (QED) is 0.666. The number of hydrogen-bond acceptors (Lipinski definition) is 3. The standard InChI is InChI=1S/C24H28ClFN2O3/c1-16(2)18-8-4-5-11-21(18)31-17(3)23(29)27-12-7-13-28(15-14-27)24(30)22-19(25)9-6-10-20(22)26/h4-6,8-11,16-17H,7,12-15H2,1-3H3. The van der Waals surface area contributed by atoms with Gasteiger partial charge in [-0.05, 0) is 43.0 Å². The summed E-state index contributed by atoms with van der Waals surface area (Å²) >= 11 is 6.05. The predicted molar refractivity (Wildman–Crippen MR) is 119 cm³/mol. The zero-order valence-corrected chi connectivity index (χ0v) is 18.9. The second-order valence-electron chi connectivity index (χ2n) is 8.02. The van der Waals surface area contributed by atoms with E-state index in [0.717, 1.165) is 5.56 Å². The van der Waals surface area contributed by atoms with Crippen molar-refractivity contribution in [3.8, 4) is 5.75 Å². The molecular formula is C24H28ClFN2O3. The normalized spacial score (nSPS) is 15.5. The lowest BCUT2D eigenvalue weighted by molar-refractivity contribution is -0.137. The minimum Gasteiger partial charge on any atom is -0.481 e. The van der Waals surface area contributed by atoms with Crippen LogP contribution < -0.4 is 4.74 Å². The van der Waals surface area contributed by atoms with E-state index >= 15 is 0 Å². The molecule has 1 heterocycles. The van der Waals surface area contributed by atoms with Gasteiger partial charge < -0.3 is 14.5 Å². The first kappa shape index (κ1) is 23.1. The summed E-state index contributed by atoms with van der Waals surface area (Å²) in [5, 5.41) is 0.0908. The van der Waals surface area contributed by atoms with Crippen molar-refractivity contribution in [1.82, 2.24) is 9.80 Å². The van der Waals surface area contributed by atoms with E-state index < -0.39 is 17.8 Å². The molecule has 0 aliphatic carbocycles. The molecule has 0 aromatic heterocycles. The molecular weight excluding hydrogens is 419 g/mol. The summed E-state index contributed by atoms with van der Waals surface area (Å²) in [6, 6.07) is 11.9.